The van der Waals surface area contributed by atoms with Gasteiger partial charge in [0, 0.05) is 34.2 Å². The van der Waals surface area contributed by atoms with Crippen molar-refractivity contribution in [3.8, 4) is 11.5 Å². The molecule has 0 bridgehead atoms. The van der Waals surface area contributed by atoms with Crippen LogP contribution in [0.3, 0.4) is 0 Å². The summed E-state index contributed by atoms with van der Waals surface area (Å²) in [7, 11) is 5.58. The van der Waals surface area contributed by atoms with E-state index in [1.165, 1.54) is 6.08 Å². The fourth-order valence-corrected chi connectivity index (χ4v) is 3.29. The molecule has 6 nitrogen and oxygen atoms in total. The van der Waals surface area contributed by atoms with Gasteiger partial charge in [-0.3, -0.25) is 4.79 Å². The number of hydrogen-bond acceptors (Lipinski definition) is 5. The molecule has 2 aromatic carbocycles. The summed E-state index contributed by atoms with van der Waals surface area (Å²) in [5, 5.41) is 3.73. The molecule has 0 spiro atoms. The normalized spacial score (nSPS) is 11.7. The number of carbonyl (C=O) groups excluding carboxylic acids is 1. The van der Waals surface area contributed by atoms with E-state index in [1.54, 1.807) is 19.2 Å². The van der Waals surface area contributed by atoms with Gasteiger partial charge in [-0.1, -0.05) is 22.0 Å². The molecule has 0 aliphatic rings. The van der Waals surface area contributed by atoms with Crippen molar-refractivity contribution in [3.63, 3.8) is 0 Å². The van der Waals surface area contributed by atoms with Gasteiger partial charge in [0.15, 0.2) is 11.3 Å². The predicted molar refractivity (Wildman–Crippen MR) is 123 cm³/mol. The second kappa shape index (κ2) is 9.82. The lowest BCUT2D eigenvalue weighted by Gasteiger charge is -2.11. The van der Waals surface area contributed by atoms with E-state index in [0.717, 1.165) is 16.4 Å². The van der Waals surface area contributed by atoms with Crippen LogP contribution in [0.2, 0.25) is 0 Å². The summed E-state index contributed by atoms with van der Waals surface area (Å²) in [5.74, 6) is 1.71. The van der Waals surface area contributed by atoms with E-state index in [1.807, 2.05) is 51.4 Å². The number of hydrogen-bond donors (Lipinski definition) is 1. The van der Waals surface area contributed by atoms with Crippen molar-refractivity contribution < 1.29 is 18.7 Å². The topological polar surface area (TPSA) is 63.9 Å². The van der Waals surface area contributed by atoms with Gasteiger partial charge in [-0.05, 0) is 56.9 Å². The van der Waals surface area contributed by atoms with Crippen molar-refractivity contribution in [2.24, 2.45) is 0 Å². The molecule has 1 aromatic heterocycles. The minimum absolute atomic E-state index is 0.247. The summed E-state index contributed by atoms with van der Waals surface area (Å²) in [6.07, 6.45) is 1.51. The van der Waals surface area contributed by atoms with E-state index in [0.29, 0.717) is 40.7 Å². The highest BCUT2D eigenvalue weighted by atomic mass is 79.9. The Morgan fingerprint density at radius 1 is 1.23 bits per heavy atom. The summed E-state index contributed by atoms with van der Waals surface area (Å²) in [6.45, 7) is 3.19. The van der Waals surface area contributed by atoms with Crippen LogP contribution in [0.4, 0.5) is 5.69 Å². The fourth-order valence-electron chi connectivity index (χ4n) is 2.86. The maximum atomic E-state index is 12.4. The van der Waals surface area contributed by atoms with Gasteiger partial charge in [-0.15, -0.1) is 0 Å². The first-order chi connectivity index (χ1) is 14.4. The van der Waals surface area contributed by atoms with Crippen LogP contribution in [0, 0.1) is 0 Å². The van der Waals surface area contributed by atoms with Gasteiger partial charge in [0.1, 0.15) is 18.1 Å². The van der Waals surface area contributed by atoms with E-state index in [4.69, 9.17) is 13.9 Å². The molecule has 3 aromatic rings. The number of carbonyl (C=O) groups is 1. The Morgan fingerprint density at radius 2 is 2.03 bits per heavy atom. The molecule has 30 heavy (non-hydrogen) atoms. The van der Waals surface area contributed by atoms with E-state index < -0.39 is 0 Å². The molecule has 1 amide bonds. The fraction of sp³-hybridized carbons (Fsp3) is 0.261. The molecule has 0 saturated carbocycles. The van der Waals surface area contributed by atoms with Gasteiger partial charge in [-0.25, -0.2) is 0 Å². The number of allylic oxidation sites excluding steroid dienone is 1. The number of nitrogens with zero attached hydrogens (tertiary/aromatic N) is 1. The van der Waals surface area contributed by atoms with Crippen LogP contribution in [0.5, 0.6) is 11.5 Å². The van der Waals surface area contributed by atoms with Crippen molar-refractivity contribution in [1.82, 2.24) is 4.90 Å². The SMILES string of the molecule is COc1cccc(NC(=O)C=C(C)c2cc3c(Br)ccc(OCCN(C)C)c3o2)c1. The van der Waals surface area contributed by atoms with Gasteiger partial charge in [0.25, 0.3) is 0 Å². The first-order valence-corrected chi connectivity index (χ1v) is 10.3. The summed E-state index contributed by atoms with van der Waals surface area (Å²) in [6, 6.07) is 12.9. The maximum absolute atomic E-state index is 12.4. The van der Waals surface area contributed by atoms with Crippen molar-refractivity contribution in [2.75, 3.05) is 39.7 Å². The summed E-state index contributed by atoms with van der Waals surface area (Å²) >= 11 is 3.56. The van der Waals surface area contributed by atoms with Crippen molar-refractivity contribution in [3.05, 3.63) is 58.8 Å². The minimum atomic E-state index is -0.247. The molecule has 0 aliphatic carbocycles. The molecular weight excluding hydrogens is 448 g/mol. The average Bonchev–Trinajstić information content (AvgIpc) is 3.16. The van der Waals surface area contributed by atoms with E-state index in [9.17, 15) is 4.79 Å². The monoisotopic (exact) mass is 472 g/mol. The Morgan fingerprint density at radius 3 is 2.77 bits per heavy atom. The number of methoxy groups -OCH3 is 1. The van der Waals surface area contributed by atoms with Crippen LogP contribution in [0.25, 0.3) is 16.5 Å². The first-order valence-electron chi connectivity index (χ1n) is 9.50. The zero-order valence-electron chi connectivity index (χ0n) is 17.5. The number of fused-ring (bicyclic) bond motifs is 1. The molecule has 1 heterocycles. The predicted octanol–water partition coefficient (Wildman–Crippen LogP) is 5.19. The smallest absolute Gasteiger partial charge is 0.248 e. The number of nitrogens with one attached hydrogen (secondary N) is 1. The molecule has 0 atom stereocenters. The van der Waals surface area contributed by atoms with Gasteiger partial charge in [0.05, 0.1) is 7.11 Å². The number of likely N-dealkylation sites (N-methyl/N-ethyl adjacent to an activating group) is 1. The lowest BCUT2D eigenvalue weighted by Crippen LogP contribution is -2.19. The van der Waals surface area contributed by atoms with Crippen LogP contribution in [-0.4, -0.2) is 45.2 Å². The quantitative estimate of drug-likeness (QED) is 0.457. The van der Waals surface area contributed by atoms with Gasteiger partial charge >= 0.3 is 0 Å². The highest BCUT2D eigenvalue weighted by Gasteiger charge is 2.14. The number of ether oxygens (including phenoxy) is 2. The van der Waals surface area contributed by atoms with E-state index in [-0.39, 0.29) is 5.91 Å². The van der Waals surface area contributed by atoms with Crippen molar-refractivity contribution >= 4 is 44.1 Å². The van der Waals surface area contributed by atoms with Crippen molar-refractivity contribution in [1.29, 1.82) is 0 Å². The third-order valence-corrected chi connectivity index (χ3v) is 5.16. The second-order valence-corrected chi connectivity index (χ2v) is 7.95. The molecule has 0 radical (unpaired) electrons. The minimum Gasteiger partial charge on any atom is -0.497 e. The molecule has 3 rings (SSSR count). The molecule has 0 aliphatic heterocycles. The summed E-state index contributed by atoms with van der Waals surface area (Å²) in [4.78, 5) is 14.5. The Kier molecular flexibility index (Phi) is 7.18. The zero-order chi connectivity index (χ0) is 21.7. The third kappa shape index (κ3) is 5.43. The first kappa shape index (κ1) is 21.9. The molecule has 7 heteroatoms. The molecule has 158 valence electrons. The van der Waals surface area contributed by atoms with Crippen LogP contribution >= 0.6 is 15.9 Å². The molecule has 0 fully saturated rings. The van der Waals surface area contributed by atoms with Gasteiger partial charge in [-0.2, -0.15) is 0 Å². The largest absolute Gasteiger partial charge is 0.497 e. The average molecular weight is 473 g/mol. The number of amides is 1. The van der Waals surface area contributed by atoms with Crippen molar-refractivity contribution in [2.45, 2.75) is 6.92 Å². The van der Waals surface area contributed by atoms with Crippen LogP contribution in [0.1, 0.15) is 12.7 Å². The summed E-state index contributed by atoms with van der Waals surface area (Å²) in [5.41, 5.74) is 2.02. The molecule has 0 unspecified atom stereocenters. The number of anilines is 1. The Balaban J connectivity index is 1.80. The molecule has 1 N–H and O–H groups in total. The lowest BCUT2D eigenvalue weighted by molar-refractivity contribution is -0.111. The number of rotatable bonds is 8. The Bertz CT molecular complexity index is 1070. The number of halogens is 1. The van der Waals surface area contributed by atoms with Crippen LogP contribution < -0.4 is 14.8 Å². The highest BCUT2D eigenvalue weighted by Crippen LogP contribution is 2.36. The summed E-state index contributed by atoms with van der Waals surface area (Å²) < 4.78 is 18.0. The number of benzene rings is 2. The number of furan rings is 1. The second-order valence-electron chi connectivity index (χ2n) is 7.10. The standard InChI is InChI=1S/C23H25BrN2O4/c1-15(12-22(27)25-16-6-5-7-17(13-16)28-4)21-14-18-19(24)8-9-20(23(18)30-21)29-11-10-26(2)3/h5-9,12-14H,10-11H2,1-4H3,(H,25,27). The van der Waals surface area contributed by atoms with E-state index in [2.05, 4.69) is 26.1 Å². The Labute approximate surface area is 184 Å². The third-order valence-electron chi connectivity index (χ3n) is 4.46. The maximum Gasteiger partial charge on any atom is 0.248 e. The highest BCUT2D eigenvalue weighted by molar-refractivity contribution is 9.10. The van der Waals surface area contributed by atoms with Gasteiger partial charge < -0.3 is 24.1 Å². The van der Waals surface area contributed by atoms with Crippen LogP contribution in [0.15, 0.2) is 57.4 Å². The Hall–Kier alpha value is -2.77. The molecular formula is C23H25BrN2O4. The van der Waals surface area contributed by atoms with Crippen LogP contribution in [-0.2, 0) is 4.79 Å². The zero-order valence-corrected chi connectivity index (χ0v) is 19.1. The molecule has 0 saturated heterocycles. The lowest BCUT2D eigenvalue weighted by atomic mass is 10.2. The van der Waals surface area contributed by atoms with E-state index >= 15 is 0 Å². The van der Waals surface area contributed by atoms with Gasteiger partial charge in [0.2, 0.25) is 5.91 Å².